The van der Waals surface area contributed by atoms with E-state index in [4.69, 9.17) is 16.7 Å². The SMILES string of the molecule is O=C(O)C1C(=O)NC(Cc2ccc(Cl)cc2)C1=O. The van der Waals surface area contributed by atoms with Crippen molar-refractivity contribution in [1.29, 1.82) is 0 Å². The first-order chi connectivity index (χ1) is 8.49. The molecule has 1 saturated heterocycles. The summed E-state index contributed by atoms with van der Waals surface area (Å²) < 4.78 is 0. The number of carbonyl (C=O) groups is 3. The number of ketones is 1. The Balaban J connectivity index is 2.12. The molecule has 1 aliphatic heterocycles. The van der Waals surface area contributed by atoms with Crippen LogP contribution in [0, 0.1) is 5.92 Å². The summed E-state index contributed by atoms with van der Waals surface area (Å²) in [6, 6.07) is 6.03. The molecule has 2 atom stereocenters. The lowest BCUT2D eigenvalue weighted by Gasteiger charge is -2.08. The van der Waals surface area contributed by atoms with Crippen LogP contribution in [0.15, 0.2) is 24.3 Å². The number of carbonyl (C=O) groups excluding carboxylic acids is 2. The van der Waals surface area contributed by atoms with Crippen LogP contribution in [-0.2, 0) is 20.8 Å². The van der Waals surface area contributed by atoms with E-state index in [-0.39, 0.29) is 6.42 Å². The van der Waals surface area contributed by atoms with E-state index in [1.165, 1.54) is 0 Å². The van der Waals surface area contributed by atoms with Crippen LogP contribution in [0.3, 0.4) is 0 Å². The minimum absolute atomic E-state index is 0.269. The van der Waals surface area contributed by atoms with Gasteiger partial charge in [0.05, 0.1) is 6.04 Å². The number of rotatable bonds is 3. The number of benzene rings is 1. The average molecular weight is 268 g/mol. The molecule has 2 N–H and O–H groups in total. The summed E-state index contributed by atoms with van der Waals surface area (Å²) in [5.41, 5.74) is 0.809. The van der Waals surface area contributed by atoms with E-state index in [1.807, 2.05) is 0 Å². The summed E-state index contributed by atoms with van der Waals surface area (Å²) >= 11 is 5.73. The number of aliphatic carboxylic acids is 1. The zero-order valence-corrected chi connectivity index (χ0v) is 9.98. The van der Waals surface area contributed by atoms with Crippen molar-refractivity contribution >= 4 is 29.3 Å². The molecular formula is C12H10ClNO4. The van der Waals surface area contributed by atoms with Gasteiger partial charge in [0.1, 0.15) is 0 Å². The number of Topliss-reactive ketones (excluding diaryl/α,β-unsaturated/α-hetero) is 1. The fourth-order valence-corrected chi connectivity index (χ4v) is 2.02. The summed E-state index contributed by atoms with van der Waals surface area (Å²) in [4.78, 5) is 33.9. The van der Waals surface area contributed by atoms with Gasteiger partial charge < -0.3 is 10.4 Å². The lowest BCUT2D eigenvalue weighted by Crippen LogP contribution is -2.31. The summed E-state index contributed by atoms with van der Waals surface area (Å²) in [6.45, 7) is 0. The maximum absolute atomic E-state index is 11.7. The second kappa shape index (κ2) is 4.78. The highest BCUT2D eigenvalue weighted by Crippen LogP contribution is 2.17. The number of nitrogens with one attached hydrogen (secondary N) is 1. The van der Waals surface area contributed by atoms with Crippen molar-refractivity contribution in [2.45, 2.75) is 12.5 Å². The second-order valence-corrected chi connectivity index (χ2v) is 4.50. The molecule has 0 spiro atoms. The van der Waals surface area contributed by atoms with Gasteiger partial charge in [-0.15, -0.1) is 0 Å². The van der Waals surface area contributed by atoms with Gasteiger partial charge in [0.15, 0.2) is 11.7 Å². The highest BCUT2D eigenvalue weighted by atomic mass is 35.5. The van der Waals surface area contributed by atoms with Crippen molar-refractivity contribution in [3.05, 3.63) is 34.9 Å². The van der Waals surface area contributed by atoms with Crippen LogP contribution < -0.4 is 5.32 Å². The molecule has 0 saturated carbocycles. The van der Waals surface area contributed by atoms with Crippen molar-refractivity contribution in [3.63, 3.8) is 0 Å². The average Bonchev–Trinajstić information content (AvgIpc) is 2.57. The summed E-state index contributed by atoms with van der Waals surface area (Å²) in [6.07, 6.45) is 0.269. The van der Waals surface area contributed by atoms with Crippen LogP contribution in [0.1, 0.15) is 5.56 Å². The molecular weight excluding hydrogens is 258 g/mol. The predicted molar refractivity (Wildman–Crippen MR) is 63.2 cm³/mol. The zero-order chi connectivity index (χ0) is 13.3. The normalized spacial score (nSPS) is 22.9. The minimum Gasteiger partial charge on any atom is -0.480 e. The van der Waals surface area contributed by atoms with Gasteiger partial charge in [-0.05, 0) is 24.1 Å². The first-order valence-corrected chi connectivity index (χ1v) is 5.68. The van der Waals surface area contributed by atoms with Gasteiger partial charge in [0.2, 0.25) is 5.91 Å². The van der Waals surface area contributed by atoms with Gasteiger partial charge in [0.25, 0.3) is 0 Å². The molecule has 0 aromatic heterocycles. The lowest BCUT2D eigenvalue weighted by atomic mass is 9.98. The van der Waals surface area contributed by atoms with Gasteiger partial charge in [-0.25, -0.2) is 0 Å². The first-order valence-electron chi connectivity index (χ1n) is 5.30. The van der Waals surface area contributed by atoms with Gasteiger partial charge in [-0.2, -0.15) is 0 Å². The molecule has 2 unspecified atom stereocenters. The molecule has 1 heterocycles. The van der Waals surface area contributed by atoms with Crippen molar-refractivity contribution in [2.24, 2.45) is 5.92 Å². The number of carboxylic acids is 1. The van der Waals surface area contributed by atoms with E-state index in [0.717, 1.165) is 5.56 Å². The molecule has 1 aromatic carbocycles. The van der Waals surface area contributed by atoms with Gasteiger partial charge >= 0.3 is 5.97 Å². The molecule has 2 rings (SSSR count). The Morgan fingerprint density at radius 1 is 1.28 bits per heavy atom. The Bertz CT molecular complexity index is 511. The molecule has 1 aliphatic rings. The second-order valence-electron chi connectivity index (χ2n) is 4.07. The fourth-order valence-electron chi connectivity index (χ4n) is 1.90. The van der Waals surface area contributed by atoms with E-state index in [0.29, 0.717) is 5.02 Å². The van der Waals surface area contributed by atoms with Crippen molar-refractivity contribution < 1.29 is 19.5 Å². The van der Waals surface area contributed by atoms with Crippen LogP contribution in [-0.4, -0.2) is 28.8 Å². The fraction of sp³-hybridized carbons (Fsp3) is 0.250. The Labute approximate surface area is 108 Å². The van der Waals surface area contributed by atoms with E-state index >= 15 is 0 Å². The Morgan fingerprint density at radius 2 is 1.89 bits per heavy atom. The maximum Gasteiger partial charge on any atom is 0.323 e. The maximum atomic E-state index is 11.7. The summed E-state index contributed by atoms with van der Waals surface area (Å²) in [5.74, 6) is -4.33. The minimum atomic E-state index is -1.58. The number of carboxylic acid groups (broad SMARTS) is 1. The molecule has 1 aromatic rings. The van der Waals surface area contributed by atoms with Crippen LogP contribution in [0.2, 0.25) is 5.02 Å². The first kappa shape index (κ1) is 12.6. The molecule has 94 valence electrons. The summed E-state index contributed by atoms with van der Waals surface area (Å²) in [5, 5.41) is 11.7. The molecule has 18 heavy (non-hydrogen) atoms. The van der Waals surface area contributed by atoms with E-state index in [2.05, 4.69) is 5.32 Å². The van der Waals surface area contributed by atoms with Crippen molar-refractivity contribution in [3.8, 4) is 0 Å². The van der Waals surface area contributed by atoms with Crippen LogP contribution in [0.4, 0.5) is 0 Å². The number of amides is 1. The quantitative estimate of drug-likeness (QED) is 0.788. The third-order valence-electron chi connectivity index (χ3n) is 2.81. The zero-order valence-electron chi connectivity index (χ0n) is 9.22. The Morgan fingerprint density at radius 3 is 2.39 bits per heavy atom. The summed E-state index contributed by atoms with van der Waals surface area (Å²) in [7, 11) is 0. The molecule has 0 bridgehead atoms. The number of halogens is 1. The Hall–Kier alpha value is -1.88. The largest absolute Gasteiger partial charge is 0.480 e. The van der Waals surface area contributed by atoms with E-state index < -0.39 is 29.6 Å². The predicted octanol–water partition coefficient (Wildman–Crippen LogP) is 0.651. The van der Waals surface area contributed by atoms with Crippen molar-refractivity contribution in [1.82, 2.24) is 5.32 Å². The molecule has 0 radical (unpaired) electrons. The number of hydrogen-bond acceptors (Lipinski definition) is 3. The Kier molecular flexibility index (Phi) is 3.34. The van der Waals surface area contributed by atoms with Crippen LogP contribution in [0.25, 0.3) is 0 Å². The molecule has 6 heteroatoms. The monoisotopic (exact) mass is 267 g/mol. The lowest BCUT2D eigenvalue weighted by molar-refractivity contribution is -0.148. The van der Waals surface area contributed by atoms with E-state index in [9.17, 15) is 14.4 Å². The molecule has 0 aliphatic carbocycles. The highest BCUT2D eigenvalue weighted by molar-refractivity contribution is 6.30. The molecule has 1 amide bonds. The van der Waals surface area contributed by atoms with Gasteiger partial charge in [0, 0.05) is 5.02 Å². The third kappa shape index (κ3) is 2.36. The molecule has 1 fully saturated rings. The van der Waals surface area contributed by atoms with Crippen molar-refractivity contribution in [2.75, 3.05) is 0 Å². The third-order valence-corrected chi connectivity index (χ3v) is 3.06. The highest BCUT2D eigenvalue weighted by Gasteiger charge is 2.45. The van der Waals surface area contributed by atoms with Crippen LogP contribution >= 0.6 is 11.6 Å². The van der Waals surface area contributed by atoms with Gasteiger partial charge in [-0.3, -0.25) is 14.4 Å². The molecule has 5 nitrogen and oxygen atoms in total. The smallest absolute Gasteiger partial charge is 0.323 e. The topological polar surface area (TPSA) is 83.5 Å². The standard InChI is InChI=1S/C12H10ClNO4/c13-7-3-1-6(2-4-7)5-8-10(15)9(12(17)18)11(16)14-8/h1-4,8-9H,5H2,(H,14,16)(H,17,18). The van der Waals surface area contributed by atoms with Gasteiger partial charge in [-0.1, -0.05) is 23.7 Å². The number of hydrogen-bond donors (Lipinski definition) is 2. The van der Waals surface area contributed by atoms with Crippen LogP contribution in [0.5, 0.6) is 0 Å². The van der Waals surface area contributed by atoms with E-state index in [1.54, 1.807) is 24.3 Å².